The molecule has 0 spiro atoms. The first kappa shape index (κ1) is 9.77. The molecule has 1 rings (SSSR count). The zero-order valence-corrected chi connectivity index (χ0v) is 8.50. The van der Waals surface area contributed by atoms with Crippen molar-refractivity contribution in [1.82, 2.24) is 0 Å². The molecule has 0 saturated carbocycles. The molecular formula is C10H7BrN2. The second kappa shape index (κ2) is 4.64. The van der Waals surface area contributed by atoms with Crippen molar-refractivity contribution in [3.05, 3.63) is 33.8 Å². The lowest BCUT2D eigenvalue weighted by Crippen LogP contribution is -1.91. The molecule has 0 fully saturated rings. The van der Waals surface area contributed by atoms with Crippen molar-refractivity contribution in [3.8, 4) is 12.1 Å². The third-order valence-electron chi connectivity index (χ3n) is 1.73. The van der Waals surface area contributed by atoms with Crippen LogP contribution in [0, 0.1) is 22.7 Å². The highest BCUT2D eigenvalue weighted by Crippen LogP contribution is 2.21. The smallest absolute Gasteiger partial charge is 0.0994 e. The molecule has 0 saturated heterocycles. The van der Waals surface area contributed by atoms with Gasteiger partial charge in [0.05, 0.1) is 17.7 Å². The molecule has 2 nitrogen and oxygen atoms in total. The summed E-state index contributed by atoms with van der Waals surface area (Å²) in [5, 5.41) is 17.2. The van der Waals surface area contributed by atoms with Crippen LogP contribution in [-0.2, 0) is 6.42 Å². The predicted molar refractivity (Wildman–Crippen MR) is 52.8 cm³/mol. The minimum Gasteiger partial charge on any atom is -0.198 e. The molecule has 1 aromatic carbocycles. The molecule has 0 aromatic heterocycles. The van der Waals surface area contributed by atoms with Crippen LogP contribution in [0.2, 0.25) is 0 Å². The summed E-state index contributed by atoms with van der Waals surface area (Å²) in [5.41, 5.74) is 1.57. The van der Waals surface area contributed by atoms with Crippen LogP contribution in [0.15, 0.2) is 22.7 Å². The number of hydrogen-bond donors (Lipinski definition) is 0. The summed E-state index contributed by atoms with van der Waals surface area (Å²) in [7, 11) is 0. The molecule has 0 aliphatic carbocycles. The SMILES string of the molecule is N#CCCc1c(Br)cccc1C#N. The number of halogens is 1. The Kier molecular flexibility index (Phi) is 3.49. The average molecular weight is 235 g/mol. The van der Waals surface area contributed by atoms with Gasteiger partial charge in [-0.3, -0.25) is 0 Å². The second-order valence-corrected chi connectivity index (χ2v) is 3.39. The first-order chi connectivity index (χ1) is 6.29. The van der Waals surface area contributed by atoms with Crippen LogP contribution in [0.1, 0.15) is 17.5 Å². The maximum Gasteiger partial charge on any atom is 0.0994 e. The van der Waals surface area contributed by atoms with Crippen LogP contribution in [-0.4, -0.2) is 0 Å². The summed E-state index contributed by atoms with van der Waals surface area (Å²) in [6.07, 6.45) is 1.07. The second-order valence-electron chi connectivity index (χ2n) is 2.54. The van der Waals surface area contributed by atoms with Gasteiger partial charge in [0.15, 0.2) is 0 Å². The van der Waals surface area contributed by atoms with E-state index in [1.54, 1.807) is 6.07 Å². The lowest BCUT2D eigenvalue weighted by Gasteiger charge is -2.02. The zero-order valence-electron chi connectivity index (χ0n) is 6.92. The summed E-state index contributed by atoms with van der Waals surface area (Å²) >= 11 is 3.36. The molecule has 13 heavy (non-hydrogen) atoms. The largest absolute Gasteiger partial charge is 0.198 e. The lowest BCUT2D eigenvalue weighted by molar-refractivity contribution is 0.998. The molecule has 0 aliphatic rings. The fraction of sp³-hybridized carbons (Fsp3) is 0.200. The van der Waals surface area contributed by atoms with E-state index < -0.39 is 0 Å². The molecule has 0 atom stereocenters. The standard InChI is InChI=1S/C10H7BrN2/c11-10-5-1-3-8(7-13)9(10)4-2-6-12/h1,3,5H,2,4H2. The summed E-state index contributed by atoms with van der Waals surface area (Å²) in [5.74, 6) is 0. The Morgan fingerprint density at radius 2 is 2.08 bits per heavy atom. The Balaban J connectivity index is 3.04. The third kappa shape index (κ3) is 2.31. The van der Waals surface area contributed by atoms with Crippen LogP contribution in [0.25, 0.3) is 0 Å². The molecule has 0 unspecified atom stereocenters. The van der Waals surface area contributed by atoms with Gasteiger partial charge in [0.2, 0.25) is 0 Å². The fourth-order valence-corrected chi connectivity index (χ4v) is 1.66. The van der Waals surface area contributed by atoms with Crippen molar-refractivity contribution in [1.29, 1.82) is 10.5 Å². The highest BCUT2D eigenvalue weighted by molar-refractivity contribution is 9.10. The Morgan fingerprint density at radius 3 is 2.69 bits per heavy atom. The van der Waals surface area contributed by atoms with E-state index in [1.165, 1.54) is 0 Å². The van der Waals surface area contributed by atoms with Crippen molar-refractivity contribution >= 4 is 15.9 Å². The van der Waals surface area contributed by atoms with Crippen LogP contribution < -0.4 is 0 Å². The Labute approximate surface area is 85.5 Å². The van der Waals surface area contributed by atoms with E-state index in [0.29, 0.717) is 18.4 Å². The van der Waals surface area contributed by atoms with E-state index in [0.717, 1.165) is 10.0 Å². The summed E-state index contributed by atoms with van der Waals surface area (Å²) in [4.78, 5) is 0. The highest BCUT2D eigenvalue weighted by atomic mass is 79.9. The third-order valence-corrected chi connectivity index (χ3v) is 2.47. The Morgan fingerprint density at radius 1 is 1.31 bits per heavy atom. The van der Waals surface area contributed by atoms with Crippen molar-refractivity contribution < 1.29 is 0 Å². The van der Waals surface area contributed by atoms with Gasteiger partial charge in [0, 0.05) is 10.9 Å². The van der Waals surface area contributed by atoms with Crippen LogP contribution in [0.5, 0.6) is 0 Å². The van der Waals surface area contributed by atoms with E-state index in [9.17, 15) is 0 Å². The Hall–Kier alpha value is -1.32. The number of rotatable bonds is 2. The maximum atomic E-state index is 8.79. The van der Waals surface area contributed by atoms with Crippen LogP contribution in [0.4, 0.5) is 0 Å². The Bertz CT molecular complexity index is 385. The molecule has 0 amide bonds. The van der Waals surface area contributed by atoms with Gasteiger partial charge in [-0.2, -0.15) is 10.5 Å². The zero-order chi connectivity index (χ0) is 9.68. The molecule has 64 valence electrons. The normalized spacial score (nSPS) is 8.85. The van der Waals surface area contributed by atoms with Gasteiger partial charge in [-0.1, -0.05) is 22.0 Å². The summed E-state index contributed by atoms with van der Waals surface area (Å²) < 4.78 is 0.904. The molecule has 1 aromatic rings. The summed E-state index contributed by atoms with van der Waals surface area (Å²) in [6.45, 7) is 0. The van der Waals surface area contributed by atoms with E-state index in [1.807, 2.05) is 12.1 Å². The van der Waals surface area contributed by atoms with Crippen molar-refractivity contribution in [2.45, 2.75) is 12.8 Å². The summed E-state index contributed by atoms with van der Waals surface area (Å²) in [6, 6.07) is 9.63. The molecular weight excluding hydrogens is 228 g/mol. The van der Waals surface area contributed by atoms with Gasteiger partial charge < -0.3 is 0 Å². The van der Waals surface area contributed by atoms with Crippen molar-refractivity contribution in [3.63, 3.8) is 0 Å². The molecule has 0 aliphatic heterocycles. The van der Waals surface area contributed by atoms with Crippen molar-refractivity contribution in [2.24, 2.45) is 0 Å². The molecule has 0 bridgehead atoms. The van der Waals surface area contributed by atoms with Gasteiger partial charge in [0.25, 0.3) is 0 Å². The van der Waals surface area contributed by atoms with Gasteiger partial charge in [-0.25, -0.2) is 0 Å². The van der Waals surface area contributed by atoms with E-state index in [4.69, 9.17) is 10.5 Å². The van der Waals surface area contributed by atoms with Crippen LogP contribution >= 0.6 is 15.9 Å². The van der Waals surface area contributed by atoms with Gasteiger partial charge in [-0.15, -0.1) is 0 Å². The molecule has 3 heteroatoms. The maximum absolute atomic E-state index is 8.79. The topological polar surface area (TPSA) is 47.6 Å². The van der Waals surface area contributed by atoms with Gasteiger partial charge in [-0.05, 0) is 24.1 Å². The number of nitrogens with zero attached hydrogens (tertiary/aromatic N) is 2. The monoisotopic (exact) mass is 234 g/mol. The minimum absolute atomic E-state index is 0.442. The quantitative estimate of drug-likeness (QED) is 0.791. The molecule has 0 N–H and O–H groups in total. The first-order valence-electron chi connectivity index (χ1n) is 3.84. The van der Waals surface area contributed by atoms with Gasteiger partial charge in [0.1, 0.15) is 0 Å². The fourth-order valence-electron chi connectivity index (χ4n) is 1.10. The van der Waals surface area contributed by atoms with E-state index in [2.05, 4.69) is 28.1 Å². The number of hydrogen-bond acceptors (Lipinski definition) is 2. The van der Waals surface area contributed by atoms with Crippen molar-refractivity contribution in [2.75, 3.05) is 0 Å². The van der Waals surface area contributed by atoms with E-state index in [-0.39, 0.29) is 0 Å². The predicted octanol–water partition coefficient (Wildman–Crippen LogP) is 2.78. The van der Waals surface area contributed by atoms with Gasteiger partial charge >= 0.3 is 0 Å². The number of benzene rings is 1. The lowest BCUT2D eigenvalue weighted by atomic mass is 10.0. The minimum atomic E-state index is 0.442. The van der Waals surface area contributed by atoms with E-state index >= 15 is 0 Å². The van der Waals surface area contributed by atoms with Crippen LogP contribution in [0.3, 0.4) is 0 Å². The molecule has 0 radical (unpaired) electrons. The first-order valence-corrected chi connectivity index (χ1v) is 4.63. The average Bonchev–Trinajstić information content (AvgIpc) is 2.15. The number of nitriles is 2. The molecule has 0 heterocycles. The highest BCUT2D eigenvalue weighted by Gasteiger charge is 2.04.